The van der Waals surface area contributed by atoms with Crippen LogP contribution in [0.1, 0.15) is 215 Å². The minimum absolute atomic E-state index is 0.136. The van der Waals surface area contributed by atoms with Crippen LogP contribution in [0.2, 0.25) is 0 Å². The molecule has 0 aromatic heterocycles. The molecular formula is C51H90O7. The van der Waals surface area contributed by atoms with Crippen molar-refractivity contribution in [3.8, 4) is 0 Å². The molecule has 7 nitrogen and oxygen atoms in total. The van der Waals surface area contributed by atoms with Crippen LogP contribution in [0.4, 0.5) is 0 Å². The molecule has 3 saturated carbocycles. The van der Waals surface area contributed by atoms with Gasteiger partial charge in [-0.3, -0.25) is 4.79 Å². The highest BCUT2D eigenvalue weighted by molar-refractivity contribution is 5.69. The fourth-order valence-corrected chi connectivity index (χ4v) is 13.0. The average molecular weight is 815 g/mol. The number of fused-ring (bicyclic) bond motifs is 5. The third-order valence-electron chi connectivity index (χ3n) is 16.6. The number of unbranched alkanes of at least 4 members (excludes halogenated alkanes) is 14. The quantitative estimate of drug-likeness (QED) is 0.0479. The number of aliphatic hydroxyl groups is 3. The Hall–Kier alpha value is -0.990. The van der Waals surface area contributed by atoms with Crippen LogP contribution in [0.25, 0.3) is 0 Å². The second kappa shape index (κ2) is 23.5. The molecule has 1 aliphatic heterocycles. The number of hydrogen-bond donors (Lipinski definition) is 3. The lowest BCUT2D eigenvalue weighted by Crippen LogP contribution is -2.60. The molecule has 58 heavy (non-hydrogen) atoms. The number of hydrogen-bond acceptors (Lipinski definition) is 7. The number of esters is 1. The first kappa shape index (κ1) is 48.0. The Balaban J connectivity index is 1.00. The Morgan fingerprint density at radius 1 is 0.759 bits per heavy atom. The van der Waals surface area contributed by atoms with Crippen molar-refractivity contribution in [3.63, 3.8) is 0 Å². The normalized spacial score (nSPS) is 36.6. The zero-order valence-electron chi connectivity index (χ0n) is 38.3. The fraction of sp³-hybridized carbons (Fsp3) is 0.941. The van der Waals surface area contributed by atoms with E-state index in [2.05, 4.69) is 47.6 Å². The van der Waals surface area contributed by atoms with Gasteiger partial charge in [0.1, 0.15) is 31.0 Å². The van der Waals surface area contributed by atoms with Crippen molar-refractivity contribution in [1.82, 2.24) is 0 Å². The van der Waals surface area contributed by atoms with Crippen LogP contribution in [-0.2, 0) is 19.0 Å². The first-order chi connectivity index (χ1) is 27.9. The van der Waals surface area contributed by atoms with E-state index in [9.17, 15) is 20.1 Å². The molecule has 7 heteroatoms. The molecule has 0 bridgehead atoms. The van der Waals surface area contributed by atoms with Crippen molar-refractivity contribution in [2.24, 2.45) is 46.3 Å². The van der Waals surface area contributed by atoms with Gasteiger partial charge in [-0.2, -0.15) is 0 Å². The number of rotatable bonds is 25. The zero-order valence-corrected chi connectivity index (χ0v) is 38.3. The van der Waals surface area contributed by atoms with Gasteiger partial charge in [-0.15, -0.1) is 0 Å². The van der Waals surface area contributed by atoms with Crippen LogP contribution in [-0.4, -0.2) is 64.7 Å². The third-order valence-corrected chi connectivity index (χ3v) is 16.6. The van der Waals surface area contributed by atoms with E-state index in [0.717, 1.165) is 74.5 Å². The van der Waals surface area contributed by atoms with Crippen LogP contribution < -0.4 is 0 Å². The van der Waals surface area contributed by atoms with E-state index in [1.165, 1.54) is 128 Å². The van der Waals surface area contributed by atoms with Crippen molar-refractivity contribution < 1.29 is 34.3 Å². The molecule has 0 spiro atoms. The Labute approximate surface area is 355 Å². The lowest BCUT2D eigenvalue weighted by atomic mass is 9.47. The number of ether oxygens (including phenoxy) is 3. The topological polar surface area (TPSA) is 105 Å². The van der Waals surface area contributed by atoms with Crippen LogP contribution >= 0.6 is 0 Å². The van der Waals surface area contributed by atoms with Gasteiger partial charge in [0.05, 0.1) is 6.10 Å². The summed E-state index contributed by atoms with van der Waals surface area (Å²) in [6.45, 7) is 14.5. The Morgan fingerprint density at radius 2 is 1.40 bits per heavy atom. The SMILES string of the molecule is CCCCCCCCCCCCCCCCCC(=O)OCC1O[C@@H](O[C@H]2CC[C@@]3(C)C(=CC[C@H]4[C@@H]5CC[C@H]([C@H](C)CCCC(C)C)[C@@]5(C)CC[C@@H]43)C2)C(O)C(O)[C@@H]1O. The lowest BCUT2D eigenvalue weighted by molar-refractivity contribution is -0.313. The minimum Gasteiger partial charge on any atom is -0.463 e. The fourth-order valence-electron chi connectivity index (χ4n) is 13.0. The molecule has 3 N–H and O–H groups in total. The van der Waals surface area contributed by atoms with Crippen LogP contribution in [0, 0.1) is 46.3 Å². The smallest absolute Gasteiger partial charge is 0.305 e. The van der Waals surface area contributed by atoms with Gasteiger partial charge in [-0.05, 0) is 104 Å². The van der Waals surface area contributed by atoms with E-state index < -0.39 is 30.7 Å². The summed E-state index contributed by atoms with van der Waals surface area (Å²) in [4.78, 5) is 12.6. The summed E-state index contributed by atoms with van der Waals surface area (Å²) >= 11 is 0. The first-order valence-electron chi connectivity index (χ1n) is 25.1. The summed E-state index contributed by atoms with van der Waals surface area (Å²) in [6.07, 6.45) is 29.1. The summed E-state index contributed by atoms with van der Waals surface area (Å²) in [5, 5.41) is 32.5. The lowest BCUT2D eigenvalue weighted by Gasteiger charge is -2.58. The molecule has 5 aliphatic rings. The van der Waals surface area contributed by atoms with E-state index in [0.29, 0.717) is 17.8 Å². The maximum atomic E-state index is 12.6. The van der Waals surface area contributed by atoms with Gasteiger partial charge in [0.25, 0.3) is 0 Å². The molecule has 0 amide bonds. The molecular weight excluding hydrogens is 725 g/mol. The summed E-state index contributed by atoms with van der Waals surface area (Å²) in [5.74, 6) is 4.45. The predicted octanol–water partition coefficient (Wildman–Crippen LogP) is 12.0. The monoisotopic (exact) mass is 815 g/mol. The summed E-state index contributed by atoms with van der Waals surface area (Å²) < 4.78 is 18.0. The molecule has 0 aromatic rings. The third kappa shape index (κ3) is 12.6. The van der Waals surface area contributed by atoms with Gasteiger partial charge >= 0.3 is 5.97 Å². The highest BCUT2D eigenvalue weighted by atomic mass is 16.7. The molecule has 13 atom stereocenters. The molecule has 4 fully saturated rings. The molecule has 1 heterocycles. The number of allylic oxidation sites excluding steroid dienone is 1. The predicted molar refractivity (Wildman–Crippen MR) is 235 cm³/mol. The Bertz CT molecular complexity index is 1240. The maximum Gasteiger partial charge on any atom is 0.305 e. The number of aliphatic hydroxyl groups excluding tert-OH is 3. The summed E-state index contributed by atoms with van der Waals surface area (Å²) in [7, 11) is 0. The van der Waals surface area contributed by atoms with Crippen molar-refractivity contribution >= 4 is 5.97 Å². The molecule has 5 rings (SSSR count). The molecule has 4 aliphatic carbocycles. The van der Waals surface area contributed by atoms with E-state index in [-0.39, 0.29) is 24.1 Å². The molecule has 1 saturated heterocycles. The van der Waals surface area contributed by atoms with Gasteiger partial charge in [0.2, 0.25) is 0 Å². The van der Waals surface area contributed by atoms with Crippen molar-refractivity contribution in [1.29, 1.82) is 0 Å². The van der Waals surface area contributed by atoms with Crippen molar-refractivity contribution in [2.45, 2.75) is 252 Å². The average Bonchev–Trinajstić information content (AvgIpc) is 3.56. The van der Waals surface area contributed by atoms with Gasteiger partial charge in [-0.25, -0.2) is 0 Å². The van der Waals surface area contributed by atoms with Crippen molar-refractivity contribution in [2.75, 3.05) is 6.61 Å². The van der Waals surface area contributed by atoms with Gasteiger partial charge in [0, 0.05) is 6.42 Å². The number of carbonyl (C=O) groups is 1. The van der Waals surface area contributed by atoms with Gasteiger partial charge in [-0.1, -0.05) is 162 Å². The highest BCUT2D eigenvalue weighted by Gasteiger charge is 2.59. The maximum absolute atomic E-state index is 12.6. The summed E-state index contributed by atoms with van der Waals surface area (Å²) in [5.41, 5.74) is 2.15. The van der Waals surface area contributed by atoms with E-state index in [1.54, 1.807) is 0 Å². The van der Waals surface area contributed by atoms with Crippen LogP contribution in [0.15, 0.2) is 11.6 Å². The molecule has 0 aromatic carbocycles. The van der Waals surface area contributed by atoms with E-state index in [4.69, 9.17) is 14.2 Å². The first-order valence-corrected chi connectivity index (χ1v) is 25.1. The van der Waals surface area contributed by atoms with Crippen molar-refractivity contribution in [3.05, 3.63) is 11.6 Å². The van der Waals surface area contributed by atoms with Gasteiger partial charge < -0.3 is 29.5 Å². The second-order valence-corrected chi connectivity index (χ2v) is 21.2. The molecule has 336 valence electrons. The summed E-state index contributed by atoms with van der Waals surface area (Å²) in [6, 6.07) is 0. The zero-order chi connectivity index (χ0) is 41.7. The minimum atomic E-state index is -1.44. The van der Waals surface area contributed by atoms with Gasteiger partial charge in [0.15, 0.2) is 6.29 Å². The largest absolute Gasteiger partial charge is 0.463 e. The van der Waals surface area contributed by atoms with E-state index >= 15 is 0 Å². The van der Waals surface area contributed by atoms with E-state index in [1.807, 2.05) is 0 Å². The number of carbonyl (C=O) groups excluding carboxylic acids is 1. The Morgan fingerprint density at radius 3 is 2.03 bits per heavy atom. The standard InChI is InChI=1S/C51H90O7/c1-7-8-9-10-11-12-13-14-15-16-17-18-19-20-21-25-45(52)56-35-44-46(53)47(54)48(55)49(58-44)57-39-30-32-50(5)38(34-39)26-27-40-42-29-28-41(37(4)24-22-23-36(2)3)51(42,6)33-31-43(40)50/h26,36-37,39-44,46-49,53-55H,7-25,27-35H2,1-6H3/t37-,39+,40+,41-,42+,43+,44?,46-,47?,48?,49-,50+,51-/m1/s1. The Kier molecular flexibility index (Phi) is 19.4. The molecule has 0 radical (unpaired) electrons. The van der Waals surface area contributed by atoms with Crippen LogP contribution in [0.5, 0.6) is 0 Å². The van der Waals surface area contributed by atoms with Crippen LogP contribution in [0.3, 0.4) is 0 Å². The highest BCUT2D eigenvalue weighted by Crippen LogP contribution is 2.67. The second-order valence-electron chi connectivity index (χ2n) is 21.2. The molecule has 3 unspecified atom stereocenters.